The molecule has 0 bridgehead atoms. The van der Waals surface area contributed by atoms with Crippen molar-refractivity contribution in [1.82, 2.24) is 10.0 Å². The number of benzene rings is 1. The highest BCUT2D eigenvalue weighted by Crippen LogP contribution is 2.17. The van der Waals surface area contributed by atoms with Crippen LogP contribution in [-0.2, 0) is 10.0 Å². The first kappa shape index (κ1) is 15.1. The minimum atomic E-state index is -3.85. The highest BCUT2D eigenvalue weighted by Gasteiger charge is 2.20. The molecule has 1 saturated carbocycles. The van der Waals surface area contributed by atoms with Crippen molar-refractivity contribution < 1.29 is 13.2 Å². The van der Waals surface area contributed by atoms with Gasteiger partial charge in [-0.05, 0) is 37.1 Å². The number of carbonyl (C=O) groups is 1. The van der Waals surface area contributed by atoms with Crippen molar-refractivity contribution in [3.05, 3.63) is 29.3 Å². The lowest BCUT2D eigenvalue weighted by Crippen LogP contribution is -2.45. The number of halogens is 1. The third-order valence-corrected chi connectivity index (χ3v) is 4.89. The molecule has 1 aliphatic carbocycles. The van der Waals surface area contributed by atoms with Gasteiger partial charge >= 0.3 is 6.03 Å². The van der Waals surface area contributed by atoms with Crippen LogP contribution in [0.3, 0.4) is 0 Å². The summed E-state index contributed by atoms with van der Waals surface area (Å²) < 4.78 is 26.0. The molecule has 0 aliphatic heterocycles. The van der Waals surface area contributed by atoms with Crippen LogP contribution in [0.2, 0.25) is 5.02 Å². The van der Waals surface area contributed by atoms with Crippen molar-refractivity contribution in [2.75, 3.05) is 0 Å². The largest absolute Gasteiger partial charge is 0.335 e. The van der Waals surface area contributed by atoms with E-state index in [0.717, 1.165) is 25.7 Å². The molecule has 2 amide bonds. The van der Waals surface area contributed by atoms with E-state index < -0.39 is 16.1 Å². The first-order valence-electron chi connectivity index (χ1n) is 6.56. The van der Waals surface area contributed by atoms with E-state index >= 15 is 0 Å². The summed E-state index contributed by atoms with van der Waals surface area (Å²) in [5.41, 5.74) is 0. The lowest BCUT2D eigenvalue weighted by atomic mass is 9.96. The second-order valence-corrected chi connectivity index (χ2v) is 6.99. The Kier molecular flexibility index (Phi) is 4.88. The molecule has 0 unspecified atom stereocenters. The van der Waals surface area contributed by atoms with E-state index in [1.165, 1.54) is 30.7 Å². The van der Waals surface area contributed by atoms with Gasteiger partial charge in [-0.2, -0.15) is 0 Å². The maximum Gasteiger partial charge on any atom is 0.328 e. The van der Waals surface area contributed by atoms with E-state index in [9.17, 15) is 13.2 Å². The van der Waals surface area contributed by atoms with E-state index in [0.29, 0.717) is 5.02 Å². The summed E-state index contributed by atoms with van der Waals surface area (Å²) >= 11 is 5.70. The minimum absolute atomic E-state index is 0.0145. The molecule has 1 aliphatic rings. The molecular formula is C13H17ClN2O3S. The van der Waals surface area contributed by atoms with Gasteiger partial charge in [0.2, 0.25) is 0 Å². The Bertz CT molecular complexity index is 566. The molecule has 7 heteroatoms. The van der Waals surface area contributed by atoms with Crippen molar-refractivity contribution in [2.45, 2.75) is 43.0 Å². The summed E-state index contributed by atoms with van der Waals surface area (Å²) in [5, 5.41) is 3.14. The fourth-order valence-electron chi connectivity index (χ4n) is 2.26. The van der Waals surface area contributed by atoms with Crippen LogP contribution >= 0.6 is 11.6 Å². The Morgan fingerprint density at radius 1 is 1.10 bits per heavy atom. The number of nitrogens with one attached hydrogen (secondary N) is 2. The second-order valence-electron chi connectivity index (χ2n) is 4.87. The van der Waals surface area contributed by atoms with Crippen LogP contribution in [0.15, 0.2) is 29.2 Å². The summed E-state index contributed by atoms with van der Waals surface area (Å²) in [6.07, 6.45) is 5.09. The van der Waals surface area contributed by atoms with E-state index in [4.69, 9.17) is 11.6 Å². The van der Waals surface area contributed by atoms with Crippen LogP contribution in [0.1, 0.15) is 32.1 Å². The third kappa shape index (κ3) is 4.11. The average Bonchev–Trinajstić information content (AvgIpc) is 2.39. The minimum Gasteiger partial charge on any atom is -0.335 e. The van der Waals surface area contributed by atoms with Gasteiger partial charge < -0.3 is 5.32 Å². The highest BCUT2D eigenvalue weighted by atomic mass is 35.5. The molecule has 0 atom stereocenters. The van der Waals surface area contributed by atoms with Crippen molar-refractivity contribution >= 4 is 27.7 Å². The van der Waals surface area contributed by atoms with Crippen LogP contribution < -0.4 is 10.0 Å². The summed E-state index contributed by atoms with van der Waals surface area (Å²) in [6, 6.07) is 5.04. The van der Waals surface area contributed by atoms with E-state index in [2.05, 4.69) is 5.32 Å². The van der Waals surface area contributed by atoms with Gasteiger partial charge in [0, 0.05) is 11.1 Å². The molecule has 1 fully saturated rings. The smallest absolute Gasteiger partial charge is 0.328 e. The van der Waals surface area contributed by atoms with Crippen LogP contribution in [-0.4, -0.2) is 20.5 Å². The fraction of sp³-hybridized carbons (Fsp3) is 0.462. The first-order chi connectivity index (χ1) is 9.47. The molecule has 2 rings (SSSR count). The summed E-state index contributed by atoms with van der Waals surface area (Å²) in [4.78, 5) is 11.8. The number of sulfonamides is 1. The van der Waals surface area contributed by atoms with Crippen molar-refractivity contribution in [1.29, 1.82) is 0 Å². The van der Waals surface area contributed by atoms with Crippen LogP contribution in [0.5, 0.6) is 0 Å². The van der Waals surface area contributed by atoms with Gasteiger partial charge in [0.15, 0.2) is 0 Å². The Labute approximate surface area is 123 Å². The van der Waals surface area contributed by atoms with Crippen molar-refractivity contribution in [3.63, 3.8) is 0 Å². The number of rotatable bonds is 3. The molecule has 0 saturated heterocycles. The maximum absolute atomic E-state index is 12.0. The number of amides is 2. The lowest BCUT2D eigenvalue weighted by molar-refractivity contribution is 0.237. The molecule has 110 valence electrons. The molecule has 5 nitrogen and oxygen atoms in total. The summed E-state index contributed by atoms with van der Waals surface area (Å²) in [6.45, 7) is 0. The zero-order valence-electron chi connectivity index (χ0n) is 10.9. The van der Waals surface area contributed by atoms with Gasteiger partial charge in [-0.1, -0.05) is 30.9 Å². The molecule has 0 aromatic heterocycles. The standard InChI is InChI=1S/C13H17ClN2O3S/c14-10-6-8-12(9-7-10)20(18,19)16-13(17)15-11-4-2-1-3-5-11/h6-9,11H,1-5H2,(H2,15,16,17). The van der Waals surface area contributed by atoms with Crippen molar-refractivity contribution in [2.24, 2.45) is 0 Å². The lowest BCUT2D eigenvalue weighted by Gasteiger charge is -2.22. The number of urea groups is 1. The molecule has 0 radical (unpaired) electrons. The number of hydrogen-bond donors (Lipinski definition) is 2. The van der Waals surface area contributed by atoms with Crippen molar-refractivity contribution in [3.8, 4) is 0 Å². The zero-order valence-corrected chi connectivity index (χ0v) is 12.5. The fourth-order valence-corrected chi connectivity index (χ4v) is 3.30. The molecule has 1 aromatic carbocycles. The first-order valence-corrected chi connectivity index (χ1v) is 8.42. The summed E-state index contributed by atoms with van der Waals surface area (Å²) in [5.74, 6) is 0. The molecule has 1 aromatic rings. The van der Waals surface area contributed by atoms with E-state index in [1.807, 2.05) is 4.72 Å². The Morgan fingerprint density at radius 2 is 1.70 bits per heavy atom. The average molecular weight is 317 g/mol. The Hall–Kier alpha value is -1.27. The topological polar surface area (TPSA) is 75.3 Å². The van der Waals surface area contributed by atoms with Crippen LogP contribution in [0.25, 0.3) is 0 Å². The van der Waals surface area contributed by atoms with Crippen LogP contribution in [0.4, 0.5) is 4.79 Å². The molecule has 20 heavy (non-hydrogen) atoms. The quantitative estimate of drug-likeness (QED) is 0.900. The van der Waals surface area contributed by atoms with Gasteiger partial charge in [0.1, 0.15) is 0 Å². The molecule has 0 heterocycles. The monoisotopic (exact) mass is 316 g/mol. The van der Waals surface area contributed by atoms with Gasteiger partial charge in [0.25, 0.3) is 10.0 Å². The summed E-state index contributed by atoms with van der Waals surface area (Å²) in [7, 11) is -3.85. The van der Waals surface area contributed by atoms with Gasteiger partial charge in [-0.25, -0.2) is 17.9 Å². The normalized spacial score (nSPS) is 16.6. The predicted octanol–water partition coefficient (Wildman–Crippen LogP) is 2.66. The molecular weight excluding hydrogens is 300 g/mol. The maximum atomic E-state index is 12.0. The molecule has 0 spiro atoms. The van der Waals surface area contributed by atoms with Gasteiger partial charge in [-0.3, -0.25) is 0 Å². The number of carbonyl (C=O) groups excluding carboxylic acids is 1. The van der Waals surface area contributed by atoms with E-state index in [-0.39, 0.29) is 10.9 Å². The number of hydrogen-bond acceptors (Lipinski definition) is 3. The zero-order chi connectivity index (χ0) is 14.6. The third-order valence-electron chi connectivity index (χ3n) is 3.29. The van der Waals surface area contributed by atoms with Crippen LogP contribution in [0, 0.1) is 0 Å². The van der Waals surface area contributed by atoms with E-state index in [1.54, 1.807) is 0 Å². The van der Waals surface area contributed by atoms with Gasteiger partial charge in [0.05, 0.1) is 4.90 Å². The Morgan fingerprint density at radius 3 is 2.30 bits per heavy atom. The van der Waals surface area contributed by atoms with Gasteiger partial charge in [-0.15, -0.1) is 0 Å². The molecule has 2 N–H and O–H groups in total. The second kappa shape index (κ2) is 6.45. The SMILES string of the molecule is O=C(NC1CCCCC1)NS(=O)(=O)c1ccc(Cl)cc1. The predicted molar refractivity (Wildman–Crippen MR) is 77.2 cm³/mol. The Balaban J connectivity index is 1.97. The highest BCUT2D eigenvalue weighted by molar-refractivity contribution is 7.90.